The average molecular weight is 220 g/mol. The number of aryl methyl sites for hydroxylation is 1. The highest BCUT2D eigenvalue weighted by Crippen LogP contribution is 2.50. The summed E-state index contributed by atoms with van der Waals surface area (Å²) in [5, 5.41) is 20.4. The Balaban J connectivity index is 2.60. The third-order valence-corrected chi connectivity index (χ3v) is 3.29. The maximum atomic E-state index is 10.3. The molecular weight excluding hydrogens is 200 g/mol. The number of phenols is 1. The quantitative estimate of drug-likeness (QED) is 0.764. The van der Waals surface area contributed by atoms with Gasteiger partial charge in [-0.2, -0.15) is 0 Å². The van der Waals surface area contributed by atoms with Crippen molar-refractivity contribution in [3.05, 3.63) is 28.8 Å². The highest BCUT2D eigenvalue weighted by molar-refractivity contribution is 5.50. The fourth-order valence-electron chi connectivity index (χ4n) is 2.09. The molecule has 1 fully saturated rings. The standard InChI is InChI=1S/C14H20O2/c1-9-7-10(13(2,3)4)12(15)11(8-9)14(16)5-6-14/h7-8,15-16H,5-6H2,1-4H3. The molecule has 0 bridgehead atoms. The Kier molecular flexibility index (Phi) is 2.32. The van der Waals surface area contributed by atoms with E-state index in [0.717, 1.165) is 24.0 Å². The molecule has 1 saturated carbocycles. The second kappa shape index (κ2) is 3.24. The Morgan fingerprint density at radius 2 is 1.75 bits per heavy atom. The zero-order valence-corrected chi connectivity index (χ0v) is 10.5. The van der Waals surface area contributed by atoms with Gasteiger partial charge in [0, 0.05) is 5.56 Å². The first kappa shape index (κ1) is 11.5. The van der Waals surface area contributed by atoms with Gasteiger partial charge in [0.05, 0.1) is 5.60 Å². The van der Waals surface area contributed by atoms with E-state index in [0.29, 0.717) is 5.56 Å². The minimum absolute atomic E-state index is 0.101. The summed E-state index contributed by atoms with van der Waals surface area (Å²) in [6.45, 7) is 8.22. The Morgan fingerprint density at radius 3 is 2.19 bits per heavy atom. The lowest BCUT2D eigenvalue weighted by molar-refractivity contribution is 0.147. The Labute approximate surface area is 96.9 Å². The molecule has 2 rings (SSSR count). The van der Waals surface area contributed by atoms with Crippen LogP contribution in [0.4, 0.5) is 0 Å². The molecule has 1 aliphatic carbocycles. The molecule has 16 heavy (non-hydrogen) atoms. The lowest BCUT2D eigenvalue weighted by atomic mass is 9.83. The van der Waals surface area contributed by atoms with E-state index in [9.17, 15) is 10.2 Å². The van der Waals surface area contributed by atoms with Crippen molar-refractivity contribution in [2.75, 3.05) is 0 Å². The third kappa shape index (κ3) is 1.82. The molecule has 1 aliphatic rings. The molecule has 0 saturated heterocycles. The molecule has 0 atom stereocenters. The van der Waals surface area contributed by atoms with Crippen LogP contribution in [0.2, 0.25) is 0 Å². The second-order valence-electron chi connectivity index (χ2n) is 5.99. The lowest BCUT2D eigenvalue weighted by Gasteiger charge is -2.24. The first-order valence-corrected chi connectivity index (χ1v) is 5.81. The topological polar surface area (TPSA) is 40.5 Å². The zero-order chi connectivity index (χ0) is 12.1. The van der Waals surface area contributed by atoms with Crippen molar-refractivity contribution in [2.24, 2.45) is 0 Å². The van der Waals surface area contributed by atoms with Crippen LogP contribution in [0.15, 0.2) is 12.1 Å². The predicted octanol–water partition coefficient (Wildman–Crippen LogP) is 2.98. The highest BCUT2D eigenvalue weighted by Gasteiger charge is 2.45. The van der Waals surface area contributed by atoms with Gasteiger partial charge in [-0.25, -0.2) is 0 Å². The monoisotopic (exact) mass is 220 g/mol. The van der Waals surface area contributed by atoms with Crippen molar-refractivity contribution in [1.82, 2.24) is 0 Å². The smallest absolute Gasteiger partial charge is 0.125 e. The molecule has 0 unspecified atom stereocenters. The number of benzene rings is 1. The summed E-state index contributed by atoms with van der Waals surface area (Å²) in [4.78, 5) is 0. The van der Waals surface area contributed by atoms with Crippen molar-refractivity contribution >= 4 is 0 Å². The largest absolute Gasteiger partial charge is 0.507 e. The molecule has 0 heterocycles. The molecule has 0 spiro atoms. The van der Waals surface area contributed by atoms with E-state index < -0.39 is 5.60 Å². The van der Waals surface area contributed by atoms with E-state index >= 15 is 0 Å². The van der Waals surface area contributed by atoms with Gasteiger partial charge in [-0.05, 0) is 36.8 Å². The minimum atomic E-state index is -0.768. The molecule has 0 amide bonds. The first-order chi connectivity index (χ1) is 7.24. The molecule has 0 aromatic heterocycles. The molecule has 0 aliphatic heterocycles. The number of hydrogen-bond acceptors (Lipinski definition) is 2. The van der Waals surface area contributed by atoms with Crippen LogP contribution < -0.4 is 0 Å². The van der Waals surface area contributed by atoms with Crippen LogP contribution in [0.1, 0.15) is 50.3 Å². The molecule has 88 valence electrons. The Hall–Kier alpha value is -1.02. The van der Waals surface area contributed by atoms with E-state index in [4.69, 9.17) is 0 Å². The SMILES string of the molecule is Cc1cc(C(C)(C)C)c(O)c(C2(O)CC2)c1. The molecular formula is C14H20O2. The first-order valence-electron chi connectivity index (χ1n) is 5.81. The summed E-state index contributed by atoms with van der Waals surface area (Å²) in [5.74, 6) is 0.276. The minimum Gasteiger partial charge on any atom is -0.507 e. The summed E-state index contributed by atoms with van der Waals surface area (Å²) in [6.07, 6.45) is 1.52. The van der Waals surface area contributed by atoms with Gasteiger partial charge in [0.2, 0.25) is 0 Å². The van der Waals surface area contributed by atoms with Gasteiger partial charge >= 0.3 is 0 Å². The summed E-state index contributed by atoms with van der Waals surface area (Å²) in [7, 11) is 0. The number of aromatic hydroxyl groups is 1. The fourth-order valence-corrected chi connectivity index (χ4v) is 2.09. The lowest BCUT2D eigenvalue weighted by Crippen LogP contribution is -2.15. The Morgan fingerprint density at radius 1 is 1.19 bits per heavy atom. The highest BCUT2D eigenvalue weighted by atomic mass is 16.3. The van der Waals surface area contributed by atoms with E-state index in [1.54, 1.807) is 0 Å². The van der Waals surface area contributed by atoms with Gasteiger partial charge < -0.3 is 10.2 Å². The molecule has 1 aromatic rings. The number of phenolic OH excluding ortho intramolecular Hbond substituents is 1. The van der Waals surface area contributed by atoms with Crippen LogP contribution >= 0.6 is 0 Å². The van der Waals surface area contributed by atoms with E-state index in [2.05, 4.69) is 20.8 Å². The normalized spacial score (nSPS) is 18.6. The van der Waals surface area contributed by atoms with Gasteiger partial charge in [0.25, 0.3) is 0 Å². The van der Waals surface area contributed by atoms with E-state index in [-0.39, 0.29) is 11.2 Å². The van der Waals surface area contributed by atoms with Crippen LogP contribution in [0.25, 0.3) is 0 Å². The van der Waals surface area contributed by atoms with Crippen molar-refractivity contribution < 1.29 is 10.2 Å². The Bertz CT molecular complexity index is 397. The summed E-state index contributed by atoms with van der Waals surface area (Å²) in [6, 6.07) is 3.90. The number of hydrogen-bond donors (Lipinski definition) is 2. The predicted molar refractivity (Wildman–Crippen MR) is 64.7 cm³/mol. The molecule has 2 heteroatoms. The molecule has 1 aromatic carbocycles. The van der Waals surface area contributed by atoms with E-state index in [1.165, 1.54) is 0 Å². The van der Waals surface area contributed by atoms with Crippen molar-refractivity contribution in [3.63, 3.8) is 0 Å². The van der Waals surface area contributed by atoms with Crippen molar-refractivity contribution in [1.29, 1.82) is 0 Å². The van der Waals surface area contributed by atoms with Gasteiger partial charge in [0.1, 0.15) is 5.75 Å². The van der Waals surface area contributed by atoms with Crippen LogP contribution in [0.3, 0.4) is 0 Å². The third-order valence-electron chi connectivity index (χ3n) is 3.29. The maximum Gasteiger partial charge on any atom is 0.125 e. The number of aliphatic hydroxyl groups is 1. The van der Waals surface area contributed by atoms with Gasteiger partial charge in [-0.15, -0.1) is 0 Å². The van der Waals surface area contributed by atoms with Crippen LogP contribution in [0, 0.1) is 6.92 Å². The molecule has 2 nitrogen and oxygen atoms in total. The molecule has 0 radical (unpaired) electrons. The van der Waals surface area contributed by atoms with Crippen LogP contribution in [-0.4, -0.2) is 10.2 Å². The van der Waals surface area contributed by atoms with Gasteiger partial charge in [0.15, 0.2) is 0 Å². The summed E-state index contributed by atoms with van der Waals surface area (Å²) < 4.78 is 0. The van der Waals surface area contributed by atoms with Crippen molar-refractivity contribution in [2.45, 2.75) is 51.6 Å². The van der Waals surface area contributed by atoms with Crippen molar-refractivity contribution in [3.8, 4) is 5.75 Å². The summed E-state index contributed by atoms with van der Waals surface area (Å²) >= 11 is 0. The van der Waals surface area contributed by atoms with Crippen LogP contribution in [-0.2, 0) is 11.0 Å². The number of rotatable bonds is 1. The fraction of sp³-hybridized carbons (Fsp3) is 0.571. The summed E-state index contributed by atoms with van der Waals surface area (Å²) in [5.41, 5.74) is 1.85. The van der Waals surface area contributed by atoms with Gasteiger partial charge in [-0.3, -0.25) is 0 Å². The van der Waals surface area contributed by atoms with Crippen LogP contribution in [0.5, 0.6) is 5.75 Å². The second-order valence-corrected chi connectivity index (χ2v) is 5.99. The van der Waals surface area contributed by atoms with E-state index in [1.807, 2.05) is 19.1 Å². The average Bonchev–Trinajstić information content (AvgIpc) is 2.86. The zero-order valence-electron chi connectivity index (χ0n) is 10.5. The van der Waals surface area contributed by atoms with Gasteiger partial charge in [-0.1, -0.05) is 32.4 Å². The molecule has 2 N–H and O–H groups in total. The maximum absolute atomic E-state index is 10.3.